The van der Waals surface area contributed by atoms with Crippen molar-refractivity contribution in [2.75, 3.05) is 13.1 Å². The van der Waals surface area contributed by atoms with Crippen molar-refractivity contribution in [1.29, 1.82) is 0 Å². The van der Waals surface area contributed by atoms with E-state index in [1.54, 1.807) is 0 Å². The monoisotopic (exact) mass is 341 g/mol. The Balaban J connectivity index is 1.56. The van der Waals surface area contributed by atoms with E-state index in [4.69, 9.17) is 0 Å². The van der Waals surface area contributed by atoms with E-state index in [9.17, 15) is 9.90 Å². The third-order valence-corrected chi connectivity index (χ3v) is 5.61. The summed E-state index contributed by atoms with van der Waals surface area (Å²) in [4.78, 5) is 21.6. The molecule has 3 aromatic rings. The van der Waals surface area contributed by atoms with Gasteiger partial charge in [0.2, 0.25) is 0 Å². The Kier molecular flexibility index (Phi) is 3.75. The molecule has 1 atom stereocenters. The van der Waals surface area contributed by atoms with Crippen LogP contribution < -0.4 is 5.56 Å². The van der Waals surface area contributed by atoms with Crippen molar-refractivity contribution in [3.8, 4) is 0 Å². The van der Waals surface area contributed by atoms with Crippen molar-refractivity contribution in [1.82, 2.24) is 14.9 Å². The predicted molar refractivity (Wildman–Crippen MR) is 95.2 cm³/mol. The summed E-state index contributed by atoms with van der Waals surface area (Å²) in [6, 6.07) is 9.84. The maximum absolute atomic E-state index is 12.1. The number of likely N-dealkylation sites (tertiary alicyclic amines) is 1. The van der Waals surface area contributed by atoms with Gasteiger partial charge < -0.3 is 10.1 Å². The number of thiophene rings is 1. The molecule has 2 N–H and O–H groups in total. The van der Waals surface area contributed by atoms with E-state index in [0.29, 0.717) is 30.0 Å². The number of benzene rings is 1. The summed E-state index contributed by atoms with van der Waals surface area (Å²) in [5.74, 6) is 0.653. The first-order chi connectivity index (χ1) is 11.5. The number of rotatable bonds is 3. The molecule has 0 aliphatic carbocycles. The van der Waals surface area contributed by atoms with Crippen LogP contribution in [0.2, 0.25) is 0 Å². The Bertz CT molecular complexity index is 949. The van der Waals surface area contributed by atoms with Crippen LogP contribution in [0.1, 0.15) is 23.4 Å². The van der Waals surface area contributed by atoms with Gasteiger partial charge in [0.25, 0.3) is 5.56 Å². The molecule has 124 valence electrons. The second-order valence-electron chi connectivity index (χ2n) is 6.45. The van der Waals surface area contributed by atoms with E-state index in [0.717, 1.165) is 23.2 Å². The third-order valence-electron chi connectivity index (χ3n) is 4.71. The van der Waals surface area contributed by atoms with Crippen LogP contribution in [-0.2, 0) is 12.1 Å². The Morgan fingerprint density at radius 3 is 3.04 bits per heavy atom. The van der Waals surface area contributed by atoms with Crippen LogP contribution >= 0.6 is 11.3 Å². The molecule has 5 nitrogen and oxygen atoms in total. The molecule has 1 saturated heterocycles. The molecule has 2 aromatic heterocycles. The summed E-state index contributed by atoms with van der Waals surface area (Å²) in [7, 11) is 0. The predicted octanol–water partition coefficient (Wildman–Crippen LogP) is 2.39. The number of fused-ring (bicyclic) bond motifs is 1. The minimum absolute atomic E-state index is 0.0848. The average molecular weight is 341 g/mol. The highest BCUT2D eigenvalue weighted by Gasteiger charge is 2.38. The second kappa shape index (κ2) is 5.81. The smallest absolute Gasteiger partial charge is 0.268 e. The molecule has 0 amide bonds. The molecule has 1 aliphatic heterocycles. The molecule has 4 rings (SSSR count). The largest absolute Gasteiger partial charge is 0.384 e. The quantitative estimate of drug-likeness (QED) is 0.767. The van der Waals surface area contributed by atoms with E-state index in [2.05, 4.69) is 14.9 Å². The normalized spacial score (nSPS) is 21.6. The average Bonchev–Trinajstić information content (AvgIpc) is 3.16. The van der Waals surface area contributed by atoms with Gasteiger partial charge in [0.05, 0.1) is 12.1 Å². The molecule has 1 aromatic carbocycles. The SMILES string of the molecule is Cc1ccccc1[C@]1(O)CCN(Cc2nc3ccsc3c(=O)[nH]2)C1. The minimum atomic E-state index is -0.835. The van der Waals surface area contributed by atoms with Crippen LogP contribution in [0.5, 0.6) is 0 Å². The number of aromatic amines is 1. The molecule has 0 radical (unpaired) electrons. The molecule has 0 spiro atoms. The lowest BCUT2D eigenvalue weighted by atomic mass is 9.89. The molecule has 1 aliphatic rings. The van der Waals surface area contributed by atoms with Crippen LogP contribution in [0.25, 0.3) is 10.2 Å². The molecule has 24 heavy (non-hydrogen) atoms. The third kappa shape index (κ3) is 2.66. The number of aliphatic hydroxyl groups is 1. The number of aromatic nitrogens is 2. The Hall–Kier alpha value is -2.02. The summed E-state index contributed by atoms with van der Waals surface area (Å²) in [5, 5.41) is 12.9. The summed E-state index contributed by atoms with van der Waals surface area (Å²) in [5.41, 5.74) is 1.92. The standard InChI is InChI=1S/C18H19N3O2S/c1-12-4-2-3-5-13(12)18(23)7-8-21(11-18)10-15-19-14-6-9-24-16(14)17(22)20-15/h2-6,9,23H,7-8,10-11H2,1H3,(H,19,20,22)/t18-/m0/s1. The van der Waals surface area contributed by atoms with Gasteiger partial charge in [-0.2, -0.15) is 0 Å². The van der Waals surface area contributed by atoms with Gasteiger partial charge in [-0.15, -0.1) is 11.3 Å². The van der Waals surface area contributed by atoms with Gasteiger partial charge in [-0.25, -0.2) is 4.98 Å². The fourth-order valence-corrected chi connectivity index (χ4v) is 4.25. The highest BCUT2D eigenvalue weighted by atomic mass is 32.1. The van der Waals surface area contributed by atoms with Crippen LogP contribution in [0.3, 0.4) is 0 Å². The number of nitrogens with zero attached hydrogens (tertiary/aromatic N) is 2. The van der Waals surface area contributed by atoms with E-state index >= 15 is 0 Å². The minimum Gasteiger partial charge on any atom is -0.384 e. The second-order valence-corrected chi connectivity index (χ2v) is 7.37. The molecular weight excluding hydrogens is 322 g/mol. The molecule has 1 fully saturated rings. The molecule has 0 bridgehead atoms. The first-order valence-electron chi connectivity index (χ1n) is 8.02. The number of hydrogen-bond acceptors (Lipinski definition) is 5. The number of hydrogen-bond donors (Lipinski definition) is 2. The van der Waals surface area contributed by atoms with Gasteiger partial charge in [0.1, 0.15) is 16.1 Å². The van der Waals surface area contributed by atoms with Gasteiger partial charge in [0.15, 0.2) is 0 Å². The molecule has 0 saturated carbocycles. The van der Waals surface area contributed by atoms with Gasteiger partial charge in [0, 0.05) is 13.1 Å². The van der Waals surface area contributed by atoms with E-state index < -0.39 is 5.60 Å². The van der Waals surface area contributed by atoms with Crippen molar-refractivity contribution in [2.24, 2.45) is 0 Å². The van der Waals surface area contributed by atoms with Crippen molar-refractivity contribution >= 4 is 21.6 Å². The zero-order valence-corrected chi connectivity index (χ0v) is 14.3. The van der Waals surface area contributed by atoms with E-state index in [1.165, 1.54) is 11.3 Å². The Morgan fingerprint density at radius 1 is 1.38 bits per heavy atom. The van der Waals surface area contributed by atoms with Gasteiger partial charge in [-0.05, 0) is 35.9 Å². The number of nitrogens with one attached hydrogen (secondary N) is 1. The van der Waals surface area contributed by atoms with Crippen molar-refractivity contribution in [2.45, 2.75) is 25.5 Å². The first-order valence-corrected chi connectivity index (χ1v) is 8.90. The first kappa shape index (κ1) is 15.5. The van der Waals surface area contributed by atoms with Gasteiger partial charge in [-0.3, -0.25) is 9.69 Å². The molecular formula is C18H19N3O2S. The van der Waals surface area contributed by atoms with Crippen molar-refractivity contribution < 1.29 is 5.11 Å². The van der Waals surface area contributed by atoms with E-state index in [-0.39, 0.29) is 5.56 Å². The highest BCUT2D eigenvalue weighted by molar-refractivity contribution is 7.17. The topological polar surface area (TPSA) is 69.2 Å². The summed E-state index contributed by atoms with van der Waals surface area (Å²) >= 11 is 1.40. The zero-order chi connectivity index (χ0) is 16.7. The van der Waals surface area contributed by atoms with Crippen LogP contribution in [0.4, 0.5) is 0 Å². The molecule has 6 heteroatoms. The fraction of sp³-hybridized carbons (Fsp3) is 0.333. The maximum atomic E-state index is 12.1. The van der Waals surface area contributed by atoms with Gasteiger partial charge in [-0.1, -0.05) is 24.3 Å². The fourth-order valence-electron chi connectivity index (χ4n) is 3.53. The summed E-state index contributed by atoms with van der Waals surface area (Å²) in [6.45, 7) is 3.88. The Labute approximate surface area is 143 Å². The van der Waals surface area contributed by atoms with Crippen LogP contribution in [-0.4, -0.2) is 33.1 Å². The summed E-state index contributed by atoms with van der Waals surface area (Å²) < 4.78 is 0.664. The van der Waals surface area contributed by atoms with Gasteiger partial charge >= 0.3 is 0 Å². The highest BCUT2D eigenvalue weighted by Crippen LogP contribution is 2.34. The van der Waals surface area contributed by atoms with E-state index in [1.807, 2.05) is 42.6 Å². The number of β-amino-alcohol motifs (C(OH)–C–C–N with tert-alkyl or cyclic N) is 1. The van der Waals surface area contributed by atoms with Crippen LogP contribution in [0.15, 0.2) is 40.5 Å². The number of H-pyrrole nitrogens is 1. The maximum Gasteiger partial charge on any atom is 0.268 e. The van der Waals surface area contributed by atoms with Crippen molar-refractivity contribution in [3.63, 3.8) is 0 Å². The lowest BCUT2D eigenvalue weighted by Gasteiger charge is -2.25. The molecule has 3 heterocycles. The lowest BCUT2D eigenvalue weighted by molar-refractivity contribution is 0.0444. The Morgan fingerprint density at radius 2 is 2.21 bits per heavy atom. The molecule has 0 unspecified atom stereocenters. The summed E-state index contributed by atoms with van der Waals surface area (Å²) in [6.07, 6.45) is 0.683. The zero-order valence-electron chi connectivity index (χ0n) is 13.5. The van der Waals surface area contributed by atoms with Crippen molar-refractivity contribution in [3.05, 3.63) is 63.0 Å². The number of aryl methyl sites for hydroxylation is 1. The lowest BCUT2D eigenvalue weighted by Crippen LogP contribution is -2.32. The van der Waals surface area contributed by atoms with Crippen LogP contribution in [0, 0.1) is 6.92 Å².